The number of alkyl halides is 3. The van der Waals surface area contributed by atoms with Crippen LogP contribution < -0.4 is 41.4 Å². The monoisotopic (exact) mass is 1690 g/mol. The van der Waals surface area contributed by atoms with Crippen molar-refractivity contribution < 1.29 is 84.9 Å². The predicted octanol–water partition coefficient (Wildman–Crippen LogP) is 15.8. The minimum Gasteiger partial charge on any atom is -0.505 e. The summed E-state index contributed by atoms with van der Waals surface area (Å²) in [4.78, 5) is 11.6. The molecular weight excluding hydrogens is 1640 g/mol. The number of hydrogen-bond acceptors (Lipinski definition) is 16. The lowest BCUT2D eigenvalue weighted by molar-refractivity contribution is -0.0534. The topological polar surface area (TPSA) is 246 Å². The summed E-state index contributed by atoms with van der Waals surface area (Å²) in [6.07, 6.45) is 3.68. The van der Waals surface area contributed by atoms with Crippen LogP contribution in [0.15, 0.2) is 105 Å². The maximum absolute atomic E-state index is 14.5. The molecule has 0 bridgehead atoms. The first-order valence-corrected chi connectivity index (χ1v) is 37.4. The van der Waals surface area contributed by atoms with Gasteiger partial charge in [0.1, 0.15) is 48.4 Å². The van der Waals surface area contributed by atoms with Crippen LogP contribution in [0.5, 0.6) is 17.2 Å². The van der Waals surface area contributed by atoms with Crippen LogP contribution in [0.2, 0.25) is 0 Å². The molecule has 0 aliphatic heterocycles. The number of aromatic nitrogens is 3. The second-order valence-corrected chi connectivity index (χ2v) is 31.1. The van der Waals surface area contributed by atoms with Crippen molar-refractivity contribution in [2.75, 3.05) is 81.4 Å². The summed E-state index contributed by atoms with van der Waals surface area (Å²) in [6, 6.07) is 17.5. The quantitative estimate of drug-likeness (QED) is 0.00743. The van der Waals surface area contributed by atoms with Gasteiger partial charge in [0.2, 0.25) is 0 Å². The SMILES string of the molecule is CCOP(=O)(COS(=O)(=O)C(F)(F)F)OCC.CCOc1ccc(F)c(CCNC(=S)Nc2ccc(Br)cn2)c1F.CP(C)(=O)COc1ccc(F)c(CCNC(=S)Nc2ccc(Br)cn2)c1F.ClB(Cl)Cl.Oc1ccc(F)c(CCNC(=S)Nc2ccc(Br)cn2)c1F. The van der Waals surface area contributed by atoms with Crippen molar-refractivity contribution in [3.63, 3.8) is 0 Å². The molecule has 0 unspecified atom stereocenters. The van der Waals surface area contributed by atoms with Gasteiger partial charge >= 0.3 is 28.2 Å². The zero-order valence-corrected chi connectivity index (χ0v) is 61.8. The number of thiocarbonyl (C=S) groups is 3. The summed E-state index contributed by atoms with van der Waals surface area (Å²) in [5.74, 6) is -3.36. The van der Waals surface area contributed by atoms with E-state index in [4.69, 9.17) is 80.5 Å². The molecular formula is C53H59BBr3Cl3F9N9O10P2S4. The van der Waals surface area contributed by atoms with Crippen molar-refractivity contribution >= 4 is 181 Å². The van der Waals surface area contributed by atoms with Gasteiger partial charge in [-0.1, -0.05) is 0 Å². The van der Waals surface area contributed by atoms with Gasteiger partial charge in [0.25, 0.3) is 0 Å². The number of phenols is 1. The number of aromatic hydroxyl groups is 1. The van der Waals surface area contributed by atoms with Crippen LogP contribution in [0.3, 0.4) is 0 Å². The van der Waals surface area contributed by atoms with Gasteiger partial charge in [-0.3, -0.25) is 8.75 Å². The summed E-state index contributed by atoms with van der Waals surface area (Å²) in [6.45, 7) is 8.41. The van der Waals surface area contributed by atoms with Crippen molar-refractivity contribution in [3.8, 4) is 17.2 Å². The summed E-state index contributed by atoms with van der Waals surface area (Å²) in [7, 11) is -12.3. The Morgan fingerprint density at radius 1 is 0.564 bits per heavy atom. The third-order valence-corrected chi connectivity index (χ3v) is 16.3. The van der Waals surface area contributed by atoms with Crippen molar-refractivity contribution in [2.24, 2.45) is 0 Å². The van der Waals surface area contributed by atoms with E-state index in [2.05, 4.69) is 108 Å². The van der Waals surface area contributed by atoms with Crippen LogP contribution in [-0.4, -0.2) is 120 Å². The zero-order valence-electron chi connectivity index (χ0n) is 49.7. The van der Waals surface area contributed by atoms with Crippen molar-refractivity contribution in [2.45, 2.75) is 45.5 Å². The maximum Gasteiger partial charge on any atom is 0.523 e. The molecule has 7 N–H and O–H groups in total. The van der Waals surface area contributed by atoms with Gasteiger partial charge in [-0.25, -0.2) is 41.3 Å². The molecule has 3 aromatic heterocycles. The number of pyridine rings is 3. The number of phenolic OH excluding ortho intramolecular Hbond substituents is 1. The summed E-state index contributed by atoms with van der Waals surface area (Å²) < 4.78 is 189. The minimum atomic E-state index is -5.80. The first kappa shape index (κ1) is 85.7. The molecule has 0 saturated carbocycles. The highest BCUT2D eigenvalue weighted by molar-refractivity contribution is 9.11. The van der Waals surface area contributed by atoms with Gasteiger partial charge in [-0.05, 0) is 211 Å². The highest BCUT2D eigenvalue weighted by Crippen LogP contribution is 2.49. The molecule has 0 radical (unpaired) electrons. The smallest absolute Gasteiger partial charge is 0.505 e. The van der Waals surface area contributed by atoms with Crippen LogP contribution in [-0.2, 0) is 51.7 Å². The Bertz CT molecular complexity index is 3620. The number of nitrogens with zero attached hydrogens (tertiary/aromatic N) is 3. The standard InChI is InChI=1S/C17H19BrF2N3O2PS.C16H16BrF2N3OS.C14H12BrF2N3OS.C6H12F3O6PS.BCl3/c1-26(2,24)10-25-14-5-4-13(19)12(16(14)20)7-8-21-17(27)23-15-6-3-11(18)9-22-15;1-2-23-13-5-4-12(18)11(15(13)19)7-8-20-16(24)22-14-6-3-10(17)9-21-14;15-8-1-4-12(19-7-8)20-14(22)18-6-5-9-10(16)2-3-11(21)13(9)17;1-3-13-16(10,14-4-2)5-15-17(11,12)6(7,8)9;2-1(3)4/h3-6,9H,7-8,10H2,1-2H3,(H2,21,22,23,27);3-6,9H,2,7-8H2,1H3,(H2,20,21,22,24);1-4,7,21H,5-6H2,(H2,18,19,20,22);3-5H2,1-2H3;. The summed E-state index contributed by atoms with van der Waals surface area (Å²) >= 11 is 39.6. The van der Waals surface area contributed by atoms with E-state index in [0.29, 0.717) is 29.2 Å². The van der Waals surface area contributed by atoms with Crippen LogP contribution in [0.1, 0.15) is 37.5 Å². The van der Waals surface area contributed by atoms with Crippen molar-refractivity contribution in [3.05, 3.63) is 156 Å². The normalized spacial score (nSPS) is 11.1. The average molecular weight is 1700 g/mol. The van der Waals surface area contributed by atoms with E-state index in [1.807, 2.05) is 6.07 Å². The molecule has 0 aliphatic rings. The van der Waals surface area contributed by atoms with Gasteiger partial charge in [-0.15, -0.1) is 0 Å². The molecule has 0 spiro atoms. The van der Waals surface area contributed by atoms with Crippen LogP contribution >= 0.6 is 134 Å². The molecule has 94 heavy (non-hydrogen) atoms. The van der Waals surface area contributed by atoms with E-state index in [0.717, 1.165) is 31.6 Å². The molecule has 0 amide bonds. The van der Waals surface area contributed by atoms with Gasteiger partial charge in [-0.2, -0.15) is 56.0 Å². The fraction of sp³-hybridized carbons (Fsp3) is 0.321. The second-order valence-electron chi connectivity index (χ2n) is 18.1. The van der Waals surface area contributed by atoms with Crippen LogP contribution in [0.4, 0.5) is 57.0 Å². The van der Waals surface area contributed by atoms with Gasteiger partial charge in [0.05, 0.1) is 19.8 Å². The van der Waals surface area contributed by atoms with Crippen LogP contribution in [0.25, 0.3) is 0 Å². The molecule has 41 heteroatoms. The van der Waals surface area contributed by atoms with E-state index in [1.165, 1.54) is 45.4 Å². The average Bonchev–Trinajstić information content (AvgIpc) is 0.887. The summed E-state index contributed by atoms with van der Waals surface area (Å²) in [5, 5.41) is 27.3. The highest BCUT2D eigenvalue weighted by atomic mass is 79.9. The van der Waals surface area contributed by atoms with E-state index >= 15 is 0 Å². The molecule has 0 fully saturated rings. The predicted molar refractivity (Wildman–Crippen MR) is 372 cm³/mol. The Balaban J connectivity index is 0.000000423. The number of halogens is 15. The Morgan fingerprint density at radius 2 is 0.904 bits per heavy atom. The van der Waals surface area contributed by atoms with E-state index in [1.54, 1.807) is 55.8 Å². The molecule has 19 nitrogen and oxygen atoms in total. The number of rotatable bonds is 24. The zero-order chi connectivity index (χ0) is 71.0. The second kappa shape index (κ2) is 43.1. The molecule has 6 aromatic rings. The van der Waals surface area contributed by atoms with E-state index < -0.39 is 82.3 Å². The first-order chi connectivity index (χ1) is 43.9. The lowest BCUT2D eigenvalue weighted by Crippen LogP contribution is -2.30. The van der Waals surface area contributed by atoms with Crippen molar-refractivity contribution in [1.82, 2.24) is 30.9 Å². The molecule has 3 heterocycles. The third kappa shape index (κ3) is 33.7. The molecule has 3 aromatic carbocycles. The Kier molecular flexibility index (Phi) is 39.3. The largest absolute Gasteiger partial charge is 0.523 e. The number of benzene rings is 3. The molecule has 0 saturated heterocycles. The number of ether oxygens (including phenoxy) is 2. The lowest BCUT2D eigenvalue weighted by Gasteiger charge is -2.17. The number of nitrogens with one attached hydrogen (secondary N) is 6. The fourth-order valence-electron chi connectivity index (χ4n) is 6.47. The lowest BCUT2D eigenvalue weighted by atomic mass is 10.1. The Hall–Kier alpha value is -4.39. The van der Waals surface area contributed by atoms with Crippen LogP contribution in [0, 0.1) is 34.9 Å². The third-order valence-electron chi connectivity index (χ3n) is 10.5. The fourth-order valence-corrected chi connectivity index (χ4v) is 10.5. The number of anilines is 3. The molecule has 0 aliphatic carbocycles. The Labute approximate surface area is 593 Å². The van der Waals surface area contributed by atoms with E-state index in [9.17, 15) is 62.2 Å². The highest BCUT2D eigenvalue weighted by Gasteiger charge is 2.48. The van der Waals surface area contributed by atoms with Gasteiger partial charge in [0.15, 0.2) is 56.4 Å². The minimum absolute atomic E-state index is 0.0296. The van der Waals surface area contributed by atoms with Crippen molar-refractivity contribution in [1.29, 1.82) is 0 Å². The summed E-state index contributed by atoms with van der Waals surface area (Å²) in [5.41, 5.74) is -5.90. The Morgan fingerprint density at radius 3 is 1.21 bits per heavy atom. The first-order valence-electron chi connectivity index (χ1n) is 26.6. The number of hydrogen-bond donors (Lipinski definition) is 7. The molecule has 518 valence electrons. The molecule has 0 atom stereocenters. The van der Waals surface area contributed by atoms with E-state index in [-0.39, 0.29) is 96.9 Å². The molecule has 6 rings (SSSR count). The maximum atomic E-state index is 14.5. The van der Waals surface area contributed by atoms with Gasteiger partial charge < -0.3 is 60.1 Å². The van der Waals surface area contributed by atoms with Gasteiger partial charge in [0, 0.05) is 68.3 Å².